The van der Waals surface area contributed by atoms with E-state index in [9.17, 15) is 0 Å². The van der Waals surface area contributed by atoms with Gasteiger partial charge in [-0.15, -0.1) is 0 Å². The number of hydrogen-bond acceptors (Lipinski definition) is 3. The fourth-order valence-electron chi connectivity index (χ4n) is 2.30. The number of rotatable bonds is 4. The van der Waals surface area contributed by atoms with Gasteiger partial charge in [0.2, 0.25) is 5.95 Å². The molecule has 2 heterocycles. The van der Waals surface area contributed by atoms with Crippen LogP contribution in [0.2, 0.25) is 0 Å². The molecule has 1 aromatic rings. The maximum atomic E-state index is 4.48. The van der Waals surface area contributed by atoms with Crippen LogP contribution in [0.3, 0.4) is 0 Å². The van der Waals surface area contributed by atoms with Crippen molar-refractivity contribution in [3.05, 3.63) is 12.4 Å². The Labute approximate surface area is 97.7 Å². The molecule has 0 aromatic carbocycles. The van der Waals surface area contributed by atoms with Crippen LogP contribution in [0, 0.1) is 5.92 Å². The molecule has 0 radical (unpaired) electrons. The van der Waals surface area contributed by atoms with E-state index >= 15 is 0 Å². The average Bonchev–Trinajstić information content (AvgIpc) is 2.84. The minimum Gasteiger partial charge on any atom is -0.341 e. The van der Waals surface area contributed by atoms with Crippen molar-refractivity contribution >= 4 is 5.95 Å². The van der Waals surface area contributed by atoms with Gasteiger partial charge in [-0.25, -0.2) is 4.98 Å². The Morgan fingerprint density at radius 2 is 2.38 bits per heavy atom. The third-order valence-corrected chi connectivity index (χ3v) is 3.13. The predicted molar refractivity (Wildman–Crippen MR) is 66.7 cm³/mol. The summed E-state index contributed by atoms with van der Waals surface area (Å²) in [4.78, 5) is 6.86. The Hall–Kier alpha value is -1.03. The molecule has 1 fully saturated rings. The van der Waals surface area contributed by atoms with E-state index < -0.39 is 0 Å². The standard InChI is InChI=1S/C12H22N4/c1-10(2)8-16-7-5-14-12(16)15-6-4-11(9-15)13-3/h5,7,10-11,13H,4,6,8-9H2,1-3H3. The molecule has 1 N–H and O–H groups in total. The summed E-state index contributed by atoms with van der Waals surface area (Å²) in [6.07, 6.45) is 5.21. The minimum atomic E-state index is 0.615. The van der Waals surface area contributed by atoms with Crippen LogP contribution in [-0.4, -0.2) is 35.7 Å². The van der Waals surface area contributed by atoms with Gasteiger partial charge in [-0.2, -0.15) is 0 Å². The highest BCUT2D eigenvalue weighted by Gasteiger charge is 2.23. The monoisotopic (exact) mass is 222 g/mol. The molecule has 0 bridgehead atoms. The number of nitrogens with zero attached hydrogens (tertiary/aromatic N) is 3. The van der Waals surface area contributed by atoms with Gasteiger partial charge in [-0.1, -0.05) is 13.8 Å². The lowest BCUT2D eigenvalue weighted by Crippen LogP contribution is -2.31. The summed E-state index contributed by atoms with van der Waals surface area (Å²) in [5.41, 5.74) is 0. The van der Waals surface area contributed by atoms with Crippen molar-refractivity contribution in [2.45, 2.75) is 32.9 Å². The number of aromatic nitrogens is 2. The van der Waals surface area contributed by atoms with Gasteiger partial charge in [0.15, 0.2) is 0 Å². The average molecular weight is 222 g/mol. The molecule has 1 unspecified atom stereocenters. The molecule has 1 atom stereocenters. The molecular weight excluding hydrogens is 200 g/mol. The molecule has 1 saturated heterocycles. The van der Waals surface area contributed by atoms with Crippen LogP contribution >= 0.6 is 0 Å². The van der Waals surface area contributed by atoms with E-state index in [1.807, 2.05) is 13.2 Å². The Morgan fingerprint density at radius 3 is 3.00 bits per heavy atom. The van der Waals surface area contributed by atoms with Gasteiger partial charge >= 0.3 is 0 Å². The molecule has 0 amide bonds. The first-order chi connectivity index (χ1) is 7.70. The summed E-state index contributed by atoms with van der Waals surface area (Å²) >= 11 is 0. The number of hydrogen-bond donors (Lipinski definition) is 1. The van der Waals surface area contributed by atoms with Crippen molar-refractivity contribution in [3.63, 3.8) is 0 Å². The second-order valence-corrected chi connectivity index (χ2v) is 4.99. The van der Waals surface area contributed by atoms with Gasteiger partial charge in [-0.3, -0.25) is 0 Å². The summed E-state index contributed by atoms with van der Waals surface area (Å²) in [5.74, 6) is 1.79. The quantitative estimate of drug-likeness (QED) is 0.834. The fraction of sp³-hybridized carbons (Fsp3) is 0.750. The number of nitrogens with one attached hydrogen (secondary N) is 1. The lowest BCUT2D eigenvalue weighted by Gasteiger charge is -2.20. The lowest BCUT2D eigenvalue weighted by atomic mass is 10.2. The lowest BCUT2D eigenvalue weighted by molar-refractivity contribution is 0.520. The molecule has 1 aliphatic rings. The molecule has 2 rings (SSSR count). The van der Waals surface area contributed by atoms with Gasteiger partial charge in [0, 0.05) is 38.1 Å². The number of imidazole rings is 1. The molecule has 0 aliphatic carbocycles. The zero-order valence-corrected chi connectivity index (χ0v) is 10.5. The first kappa shape index (κ1) is 11.5. The third-order valence-electron chi connectivity index (χ3n) is 3.13. The molecule has 90 valence electrons. The van der Waals surface area contributed by atoms with Crippen LogP contribution in [0.4, 0.5) is 5.95 Å². The highest BCUT2D eigenvalue weighted by molar-refractivity contribution is 5.33. The van der Waals surface area contributed by atoms with E-state index in [1.54, 1.807) is 0 Å². The SMILES string of the molecule is CNC1CCN(c2nccn2CC(C)C)C1. The zero-order valence-electron chi connectivity index (χ0n) is 10.5. The van der Waals surface area contributed by atoms with Crippen LogP contribution in [-0.2, 0) is 6.54 Å². The van der Waals surface area contributed by atoms with Crippen LogP contribution in [0.5, 0.6) is 0 Å². The Balaban J connectivity index is 2.06. The molecule has 0 spiro atoms. The van der Waals surface area contributed by atoms with Crippen LogP contribution in [0.25, 0.3) is 0 Å². The highest BCUT2D eigenvalue weighted by Crippen LogP contribution is 2.19. The molecule has 4 heteroatoms. The molecule has 16 heavy (non-hydrogen) atoms. The third kappa shape index (κ3) is 2.38. The maximum Gasteiger partial charge on any atom is 0.205 e. The zero-order chi connectivity index (χ0) is 11.5. The van der Waals surface area contributed by atoms with Crippen LogP contribution in [0.1, 0.15) is 20.3 Å². The molecular formula is C12H22N4. The van der Waals surface area contributed by atoms with Crippen molar-refractivity contribution < 1.29 is 0 Å². The van der Waals surface area contributed by atoms with E-state index in [0.29, 0.717) is 12.0 Å². The summed E-state index contributed by atoms with van der Waals surface area (Å²) in [6, 6.07) is 0.615. The Kier molecular flexibility index (Phi) is 3.49. The summed E-state index contributed by atoms with van der Waals surface area (Å²) < 4.78 is 2.27. The van der Waals surface area contributed by atoms with E-state index in [2.05, 4.69) is 39.8 Å². The number of likely N-dealkylation sites (N-methyl/N-ethyl adjacent to an activating group) is 1. The summed E-state index contributed by atoms with van der Waals surface area (Å²) in [5, 5.41) is 3.34. The van der Waals surface area contributed by atoms with E-state index in [4.69, 9.17) is 0 Å². The van der Waals surface area contributed by atoms with Gasteiger partial charge in [0.1, 0.15) is 0 Å². The Bertz CT molecular complexity index is 332. The highest BCUT2D eigenvalue weighted by atomic mass is 15.3. The fourth-order valence-corrected chi connectivity index (χ4v) is 2.30. The second-order valence-electron chi connectivity index (χ2n) is 4.99. The van der Waals surface area contributed by atoms with E-state index in [0.717, 1.165) is 25.6 Å². The molecule has 1 aromatic heterocycles. The minimum absolute atomic E-state index is 0.615. The van der Waals surface area contributed by atoms with Crippen LogP contribution < -0.4 is 10.2 Å². The largest absolute Gasteiger partial charge is 0.341 e. The summed E-state index contributed by atoms with van der Waals surface area (Å²) in [6.45, 7) is 7.72. The Morgan fingerprint density at radius 1 is 1.56 bits per heavy atom. The smallest absolute Gasteiger partial charge is 0.205 e. The first-order valence-electron chi connectivity index (χ1n) is 6.14. The predicted octanol–water partition coefficient (Wildman–Crippen LogP) is 1.34. The molecule has 4 nitrogen and oxygen atoms in total. The van der Waals surface area contributed by atoms with Crippen molar-refractivity contribution in [1.29, 1.82) is 0 Å². The van der Waals surface area contributed by atoms with E-state index in [1.165, 1.54) is 6.42 Å². The van der Waals surface area contributed by atoms with Gasteiger partial charge < -0.3 is 14.8 Å². The number of anilines is 1. The maximum absolute atomic E-state index is 4.48. The molecule has 0 saturated carbocycles. The summed E-state index contributed by atoms with van der Waals surface area (Å²) in [7, 11) is 2.04. The van der Waals surface area contributed by atoms with Crippen molar-refractivity contribution in [3.8, 4) is 0 Å². The first-order valence-corrected chi connectivity index (χ1v) is 6.14. The van der Waals surface area contributed by atoms with Gasteiger partial charge in [0.05, 0.1) is 0 Å². The van der Waals surface area contributed by atoms with Gasteiger partial charge in [-0.05, 0) is 19.4 Å². The molecule has 1 aliphatic heterocycles. The second kappa shape index (κ2) is 4.87. The topological polar surface area (TPSA) is 33.1 Å². The normalized spacial score (nSPS) is 21.0. The van der Waals surface area contributed by atoms with E-state index in [-0.39, 0.29) is 0 Å². The van der Waals surface area contributed by atoms with Crippen LogP contribution in [0.15, 0.2) is 12.4 Å². The van der Waals surface area contributed by atoms with Crippen molar-refractivity contribution in [1.82, 2.24) is 14.9 Å². The van der Waals surface area contributed by atoms with Crippen molar-refractivity contribution in [2.75, 3.05) is 25.0 Å². The van der Waals surface area contributed by atoms with Crippen molar-refractivity contribution in [2.24, 2.45) is 5.92 Å². The van der Waals surface area contributed by atoms with Gasteiger partial charge in [0.25, 0.3) is 0 Å².